The second-order valence-corrected chi connectivity index (χ2v) is 16.4. The number of anilines is 1. The zero-order valence-corrected chi connectivity index (χ0v) is 27.6. The van der Waals surface area contributed by atoms with E-state index in [4.69, 9.17) is 11.6 Å². The molecule has 44 heavy (non-hydrogen) atoms. The van der Waals surface area contributed by atoms with Gasteiger partial charge in [0.1, 0.15) is 12.6 Å². The number of benzene rings is 2. The first-order chi connectivity index (χ1) is 21.0. The fourth-order valence-electron chi connectivity index (χ4n) is 9.13. The molecule has 1 atom stereocenters. The van der Waals surface area contributed by atoms with E-state index < -0.39 is 22.0 Å². The zero-order valence-electron chi connectivity index (χ0n) is 26.0. The van der Waals surface area contributed by atoms with Gasteiger partial charge in [-0.3, -0.25) is 13.9 Å². The fourth-order valence-corrected chi connectivity index (χ4v) is 10.1. The van der Waals surface area contributed by atoms with Crippen molar-refractivity contribution in [1.29, 1.82) is 0 Å². The molecule has 0 radical (unpaired) electrons. The lowest BCUT2D eigenvalue weighted by atomic mass is 9.48. The molecule has 7 nitrogen and oxygen atoms in total. The average molecular weight is 640 g/mol. The summed E-state index contributed by atoms with van der Waals surface area (Å²) in [6.45, 7) is 1.68. The molecule has 5 saturated carbocycles. The van der Waals surface area contributed by atoms with Gasteiger partial charge in [0, 0.05) is 17.6 Å². The number of rotatable bonds is 11. The Hall–Kier alpha value is -2.58. The lowest BCUT2D eigenvalue weighted by Crippen LogP contribution is -2.53. The van der Waals surface area contributed by atoms with Gasteiger partial charge in [0.15, 0.2) is 0 Å². The summed E-state index contributed by atoms with van der Waals surface area (Å²) in [5.74, 6) is 1.84. The molecule has 5 aliphatic rings. The highest BCUT2D eigenvalue weighted by Gasteiger charge is 2.51. The molecule has 0 spiro atoms. The Morgan fingerprint density at radius 3 is 2.02 bits per heavy atom. The van der Waals surface area contributed by atoms with Crippen molar-refractivity contribution in [2.75, 3.05) is 17.1 Å². The smallest absolute Gasteiger partial charge is 0.244 e. The number of nitrogens with one attached hydrogen (secondary N) is 1. The van der Waals surface area contributed by atoms with Gasteiger partial charge < -0.3 is 10.2 Å². The molecular weight excluding hydrogens is 594 g/mol. The molecule has 9 heteroatoms. The molecule has 0 unspecified atom stereocenters. The van der Waals surface area contributed by atoms with E-state index in [0.29, 0.717) is 17.1 Å². The van der Waals surface area contributed by atoms with Crippen molar-refractivity contribution in [3.05, 3.63) is 64.7 Å². The van der Waals surface area contributed by atoms with E-state index in [-0.39, 0.29) is 30.5 Å². The van der Waals surface area contributed by atoms with Crippen LogP contribution in [-0.4, -0.2) is 50.0 Å². The number of hydrogen-bond acceptors (Lipinski definition) is 4. The summed E-state index contributed by atoms with van der Waals surface area (Å²) in [5.41, 5.74) is 2.80. The minimum Gasteiger partial charge on any atom is -0.352 e. The Bertz CT molecular complexity index is 1420. The summed E-state index contributed by atoms with van der Waals surface area (Å²) in [6.07, 6.45) is 13.4. The highest BCUT2D eigenvalue weighted by Crippen LogP contribution is 2.60. The minimum atomic E-state index is -3.79. The number of sulfonamides is 1. The maximum atomic E-state index is 14.1. The van der Waals surface area contributed by atoms with Crippen LogP contribution in [0.2, 0.25) is 5.02 Å². The maximum absolute atomic E-state index is 14.1. The second-order valence-electron chi connectivity index (χ2n) is 14.1. The predicted molar refractivity (Wildman–Crippen MR) is 175 cm³/mol. The molecule has 0 heterocycles. The van der Waals surface area contributed by atoms with Gasteiger partial charge in [-0.25, -0.2) is 8.42 Å². The first-order valence-electron chi connectivity index (χ1n) is 16.5. The third-order valence-electron chi connectivity index (χ3n) is 10.8. The monoisotopic (exact) mass is 639 g/mol. The van der Waals surface area contributed by atoms with E-state index >= 15 is 0 Å². The molecule has 2 aromatic carbocycles. The lowest BCUT2D eigenvalue weighted by molar-refractivity contribution is -0.140. The van der Waals surface area contributed by atoms with Crippen molar-refractivity contribution in [2.24, 2.45) is 17.8 Å². The third-order valence-corrected chi connectivity index (χ3v) is 12.2. The van der Waals surface area contributed by atoms with Crippen molar-refractivity contribution in [3.63, 3.8) is 0 Å². The van der Waals surface area contributed by atoms with Crippen LogP contribution in [0.1, 0.15) is 88.7 Å². The first kappa shape index (κ1) is 31.4. The highest BCUT2D eigenvalue weighted by molar-refractivity contribution is 7.92. The summed E-state index contributed by atoms with van der Waals surface area (Å²) in [7, 11) is -3.79. The normalized spacial score (nSPS) is 26.8. The van der Waals surface area contributed by atoms with Crippen LogP contribution < -0.4 is 9.62 Å². The van der Waals surface area contributed by atoms with Gasteiger partial charge in [0.25, 0.3) is 0 Å². The van der Waals surface area contributed by atoms with Crippen LogP contribution in [0, 0.1) is 17.8 Å². The second kappa shape index (κ2) is 12.7. The van der Waals surface area contributed by atoms with Crippen molar-refractivity contribution in [1.82, 2.24) is 10.2 Å². The van der Waals surface area contributed by atoms with Crippen LogP contribution >= 0.6 is 11.6 Å². The summed E-state index contributed by atoms with van der Waals surface area (Å²) in [4.78, 5) is 29.1. The summed E-state index contributed by atoms with van der Waals surface area (Å²) in [5, 5.41) is 3.73. The minimum absolute atomic E-state index is 0.115. The van der Waals surface area contributed by atoms with Crippen molar-refractivity contribution < 1.29 is 18.0 Å². The van der Waals surface area contributed by atoms with E-state index in [1.807, 2.05) is 31.2 Å². The Labute approximate surface area is 267 Å². The molecular formula is C35H46ClN3O4S. The number of amides is 2. The number of nitrogens with zero attached hydrogens (tertiary/aromatic N) is 2. The van der Waals surface area contributed by atoms with E-state index in [1.54, 1.807) is 12.1 Å². The largest absolute Gasteiger partial charge is 0.352 e. The Balaban J connectivity index is 1.24. The average Bonchev–Trinajstić information content (AvgIpc) is 3.48. The van der Waals surface area contributed by atoms with E-state index in [0.717, 1.165) is 55.3 Å². The van der Waals surface area contributed by atoms with E-state index in [9.17, 15) is 18.0 Å². The molecule has 0 aromatic heterocycles. The molecule has 2 amide bonds. The van der Waals surface area contributed by atoms with E-state index in [2.05, 4.69) is 17.4 Å². The summed E-state index contributed by atoms with van der Waals surface area (Å²) in [6, 6.07) is 14.5. The van der Waals surface area contributed by atoms with Gasteiger partial charge in [0.05, 0.1) is 11.9 Å². The Morgan fingerprint density at radius 1 is 0.932 bits per heavy atom. The topological polar surface area (TPSA) is 86.8 Å². The molecule has 4 bridgehead atoms. The molecule has 0 aliphatic heterocycles. The van der Waals surface area contributed by atoms with Crippen LogP contribution in [0.4, 0.5) is 5.69 Å². The lowest BCUT2D eigenvalue weighted by Gasteiger charge is -2.57. The van der Waals surface area contributed by atoms with Crippen molar-refractivity contribution in [3.8, 4) is 0 Å². The van der Waals surface area contributed by atoms with Crippen LogP contribution in [0.3, 0.4) is 0 Å². The van der Waals surface area contributed by atoms with Gasteiger partial charge in [-0.1, -0.05) is 55.6 Å². The quantitative estimate of drug-likeness (QED) is 0.307. The first-order valence-corrected chi connectivity index (χ1v) is 18.7. The predicted octanol–water partition coefficient (Wildman–Crippen LogP) is 6.44. The summed E-state index contributed by atoms with van der Waals surface area (Å²) >= 11 is 6.11. The molecule has 238 valence electrons. The van der Waals surface area contributed by atoms with Gasteiger partial charge >= 0.3 is 0 Å². The van der Waals surface area contributed by atoms with Gasteiger partial charge in [-0.15, -0.1) is 0 Å². The summed E-state index contributed by atoms with van der Waals surface area (Å²) < 4.78 is 27.5. The number of carbonyl (C=O) groups excluding carboxylic acids is 2. The van der Waals surface area contributed by atoms with Crippen LogP contribution in [-0.2, 0) is 31.6 Å². The van der Waals surface area contributed by atoms with Crippen molar-refractivity contribution in [2.45, 2.75) is 102 Å². The van der Waals surface area contributed by atoms with Gasteiger partial charge in [-0.2, -0.15) is 0 Å². The standard InChI is InChI=1S/C35H46ClN3O4S/c1-3-32(34(41)37-30-6-4-5-7-30)38(22-24-8-12-29(36)13-9-24)33(40)23-39(44(2,42)43)31-14-10-28(11-15-31)35-19-25-16-26(20-35)18-27(17-25)21-35/h8-15,25-27,30,32H,3-7,16-23H2,1-2H3,(H,37,41)/t25?,26?,27?,32-,35?/m1/s1. The zero-order chi connectivity index (χ0) is 31.1. The van der Waals surface area contributed by atoms with Crippen LogP contribution in [0.25, 0.3) is 0 Å². The molecule has 7 rings (SSSR count). The van der Waals surface area contributed by atoms with Crippen LogP contribution in [0.15, 0.2) is 48.5 Å². The SMILES string of the molecule is CC[C@H](C(=O)NC1CCCC1)N(Cc1ccc(Cl)cc1)C(=O)CN(c1ccc(C23CC4CC(CC(C4)C2)C3)cc1)S(C)(=O)=O. The molecule has 5 fully saturated rings. The number of halogens is 1. The van der Waals surface area contributed by atoms with Crippen LogP contribution in [0.5, 0.6) is 0 Å². The third kappa shape index (κ3) is 6.67. The fraction of sp³-hybridized carbons (Fsp3) is 0.600. The Morgan fingerprint density at radius 2 is 1.50 bits per heavy atom. The maximum Gasteiger partial charge on any atom is 0.244 e. The van der Waals surface area contributed by atoms with Gasteiger partial charge in [0.2, 0.25) is 21.8 Å². The number of hydrogen-bond donors (Lipinski definition) is 1. The molecule has 2 aromatic rings. The molecule has 1 N–H and O–H groups in total. The van der Waals surface area contributed by atoms with E-state index in [1.165, 1.54) is 53.3 Å². The molecule has 5 aliphatic carbocycles. The highest BCUT2D eigenvalue weighted by atomic mass is 35.5. The Kier molecular flexibility index (Phi) is 9.04. The van der Waals surface area contributed by atoms with Crippen molar-refractivity contribution >= 4 is 39.1 Å². The van der Waals surface area contributed by atoms with Gasteiger partial charge in [-0.05, 0) is 116 Å². The number of carbonyl (C=O) groups is 2. The molecule has 0 saturated heterocycles.